The van der Waals surface area contributed by atoms with Crippen LogP contribution in [0.4, 0.5) is 8.78 Å². The maximum Gasteiger partial charge on any atom is 0.251 e. The van der Waals surface area contributed by atoms with Gasteiger partial charge in [-0.3, -0.25) is 4.79 Å². The normalized spacial score (nSPS) is 10.4. The zero-order valence-electron chi connectivity index (χ0n) is 11.2. The van der Waals surface area contributed by atoms with Gasteiger partial charge in [0.25, 0.3) is 5.91 Å². The number of benzene rings is 1. The van der Waals surface area contributed by atoms with Gasteiger partial charge in [-0.2, -0.15) is 13.8 Å². The van der Waals surface area contributed by atoms with E-state index >= 15 is 0 Å². The predicted octanol–water partition coefficient (Wildman–Crippen LogP) is 2.91. The first-order valence-electron chi connectivity index (χ1n) is 6.14. The molecule has 0 atom stereocenters. The molecule has 1 aromatic carbocycles. The van der Waals surface area contributed by atoms with Crippen molar-refractivity contribution in [1.82, 2.24) is 10.3 Å². The highest BCUT2D eigenvalue weighted by Crippen LogP contribution is 2.13. The summed E-state index contributed by atoms with van der Waals surface area (Å²) in [5, 5.41) is 2.64. The van der Waals surface area contributed by atoms with Gasteiger partial charge >= 0.3 is 0 Å². The van der Waals surface area contributed by atoms with E-state index in [1.54, 1.807) is 12.1 Å². The third kappa shape index (κ3) is 3.17. The summed E-state index contributed by atoms with van der Waals surface area (Å²) >= 11 is 0. The van der Waals surface area contributed by atoms with E-state index in [2.05, 4.69) is 10.3 Å². The average molecular weight is 276 g/mol. The number of amides is 1. The summed E-state index contributed by atoms with van der Waals surface area (Å²) in [6.07, 6.45) is 0. The smallest absolute Gasteiger partial charge is 0.251 e. The fraction of sp³-hybridized carbons (Fsp3) is 0.200. The number of carbonyl (C=O) groups is 1. The van der Waals surface area contributed by atoms with Gasteiger partial charge in [-0.25, -0.2) is 0 Å². The fourth-order valence-corrected chi connectivity index (χ4v) is 1.89. The van der Waals surface area contributed by atoms with Gasteiger partial charge in [0.05, 0.1) is 0 Å². The Balaban J connectivity index is 2.10. The first kappa shape index (κ1) is 14.1. The molecule has 2 rings (SSSR count). The van der Waals surface area contributed by atoms with Crippen molar-refractivity contribution < 1.29 is 13.6 Å². The van der Waals surface area contributed by atoms with Crippen LogP contribution in [0.25, 0.3) is 0 Å². The quantitative estimate of drug-likeness (QED) is 0.876. The lowest BCUT2D eigenvalue weighted by Gasteiger charge is -2.09. The van der Waals surface area contributed by atoms with Crippen LogP contribution < -0.4 is 5.32 Å². The molecule has 0 saturated heterocycles. The molecular weight excluding hydrogens is 262 g/mol. The number of nitrogens with one attached hydrogen (secondary N) is 1. The minimum atomic E-state index is -0.902. The maximum atomic E-state index is 12.9. The van der Waals surface area contributed by atoms with E-state index < -0.39 is 11.9 Å². The van der Waals surface area contributed by atoms with E-state index in [1.807, 2.05) is 19.9 Å². The summed E-state index contributed by atoms with van der Waals surface area (Å²) < 4.78 is 25.9. The zero-order valence-corrected chi connectivity index (χ0v) is 11.2. The van der Waals surface area contributed by atoms with Crippen LogP contribution in [-0.2, 0) is 6.54 Å². The number of halogens is 2. The van der Waals surface area contributed by atoms with Crippen LogP contribution in [0.3, 0.4) is 0 Å². The molecule has 0 bridgehead atoms. The lowest BCUT2D eigenvalue weighted by molar-refractivity contribution is 0.0950. The van der Waals surface area contributed by atoms with Crippen molar-refractivity contribution in [2.24, 2.45) is 0 Å². The van der Waals surface area contributed by atoms with Gasteiger partial charge in [0.1, 0.15) is 0 Å². The van der Waals surface area contributed by atoms with Crippen LogP contribution >= 0.6 is 0 Å². The van der Waals surface area contributed by atoms with Crippen LogP contribution in [0.1, 0.15) is 27.0 Å². The van der Waals surface area contributed by atoms with Gasteiger partial charge in [0, 0.05) is 12.1 Å². The number of rotatable bonds is 3. The largest absolute Gasteiger partial charge is 0.348 e. The Morgan fingerprint density at radius 2 is 1.85 bits per heavy atom. The predicted molar refractivity (Wildman–Crippen MR) is 71.2 cm³/mol. The number of hydrogen-bond donors (Lipinski definition) is 1. The van der Waals surface area contributed by atoms with Gasteiger partial charge in [-0.05, 0) is 48.7 Å². The highest BCUT2D eigenvalue weighted by molar-refractivity contribution is 5.95. The Morgan fingerprint density at radius 3 is 2.50 bits per heavy atom. The number of carbonyl (C=O) groups excluding carboxylic acids is 1. The Bertz CT molecular complexity index is 636. The molecule has 0 saturated carbocycles. The van der Waals surface area contributed by atoms with Gasteiger partial charge in [0.2, 0.25) is 11.9 Å². The van der Waals surface area contributed by atoms with Crippen molar-refractivity contribution in [2.75, 3.05) is 0 Å². The highest BCUT2D eigenvalue weighted by Gasteiger charge is 2.10. The molecule has 5 heteroatoms. The van der Waals surface area contributed by atoms with Crippen molar-refractivity contribution in [1.29, 1.82) is 0 Å². The minimum absolute atomic E-state index is 0.0442. The van der Waals surface area contributed by atoms with Crippen LogP contribution in [0.5, 0.6) is 0 Å². The van der Waals surface area contributed by atoms with Gasteiger partial charge in [-0.15, -0.1) is 0 Å². The Kier molecular flexibility index (Phi) is 4.08. The molecule has 0 unspecified atom stereocenters. The molecule has 0 fully saturated rings. The Morgan fingerprint density at radius 1 is 1.20 bits per heavy atom. The maximum absolute atomic E-state index is 12.9. The van der Waals surface area contributed by atoms with Crippen molar-refractivity contribution in [3.63, 3.8) is 0 Å². The number of hydrogen-bond acceptors (Lipinski definition) is 2. The monoisotopic (exact) mass is 276 g/mol. The Labute approximate surface area is 115 Å². The van der Waals surface area contributed by atoms with Crippen molar-refractivity contribution in [2.45, 2.75) is 20.4 Å². The van der Waals surface area contributed by atoms with Crippen molar-refractivity contribution >= 4 is 5.91 Å². The van der Waals surface area contributed by atoms with Crippen molar-refractivity contribution in [3.05, 3.63) is 64.5 Å². The second-order valence-corrected chi connectivity index (χ2v) is 4.55. The van der Waals surface area contributed by atoms with Crippen LogP contribution in [0.15, 0.2) is 30.3 Å². The summed E-state index contributed by atoms with van der Waals surface area (Å²) in [4.78, 5) is 15.0. The van der Waals surface area contributed by atoms with Gasteiger partial charge in [-0.1, -0.05) is 12.1 Å². The molecule has 0 aliphatic rings. The molecule has 104 valence electrons. The molecular formula is C15H14F2N2O. The SMILES string of the molecule is Cc1cccc(C(=O)NCc2cc(F)nc(F)c2)c1C. The van der Waals surface area contributed by atoms with E-state index in [-0.39, 0.29) is 12.5 Å². The third-order valence-electron chi connectivity index (χ3n) is 3.12. The summed E-state index contributed by atoms with van der Waals surface area (Å²) in [5.74, 6) is -2.08. The Hall–Kier alpha value is -2.30. The van der Waals surface area contributed by atoms with E-state index in [1.165, 1.54) is 0 Å². The molecule has 1 amide bonds. The van der Waals surface area contributed by atoms with E-state index in [0.29, 0.717) is 11.1 Å². The second kappa shape index (κ2) is 5.77. The summed E-state index contributed by atoms with van der Waals surface area (Å²) in [6.45, 7) is 3.82. The number of aromatic nitrogens is 1. The summed E-state index contributed by atoms with van der Waals surface area (Å²) in [6, 6.07) is 7.60. The summed E-state index contributed by atoms with van der Waals surface area (Å²) in [5.41, 5.74) is 2.78. The van der Waals surface area contributed by atoms with E-state index in [9.17, 15) is 13.6 Å². The highest BCUT2D eigenvalue weighted by atomic mass is 19.1. The molecule has 1 N–H and O–H groups in total. The van der Waals surface area contributed by atoms with Crippen LogP contribution in [-0.4, -0.2) is 10.9 Å². The van der Waals surface area contributed by atoms with Gasteiger partial charge in [0.15, 0.2) is 0 Å². The minimum Gasteiger partial charge on any atom is -0.348 e. The van der Waals surface area contributed by atoms with E-state index in [0.717, 1.165) is 23.3 Å². The molecule has 0 aliphatic carbocycles. The lowest BCUT2D eigenvalue weighted by atomic mass is 10.0. The average Bonchev–Trinajstić information content (AvgIpc) is 2.38. The topological polar surface area (TPSA) is 42.0 Å². The first-order valence-corrected chi connectivity index (χ1v) is 6.14. The van der Waals surface area contributed by atoms with E-state index in [4.69, 9.17) is 0 Å². The molecule has 1 heterocycles. The molecule has 0 spiro atoms. The molecule has 2 aromatic rings. The number of aryl methyl sites for hydroxylation is 1. The summed E-state index contributed by atoms with van der Waals surface area (Å²) in [7, 11) is 0. The third-order valence-corrected chi connectivity index (χ3v) is 3.12. The fourth-order valence-electron chi connectivity index (χ4n) is 1.89. The second-order valence-electron chi connectivity index (χ2n) is 4.55. The standard InChI is InChI=1S/C15H14F2N2O/c1-9-4-3-5-12(10(9)2)15(20)18-8-11-6-13(16)19-14(17)7-11/h3-7H,8H2,1-2H3,(H,18,20). The number of pyridine rings is 1. The van der Waals surface area contributed by atoms with Gasteiger partial charge < -0.3 is 5.32 Å². The van der Waals surface area contributed by atoms with Crippen LogP contribution in [0, 0.1) is 25.7 Å². The van der Waals surface area contributed by atoms with Crippen molar-refractivity contribution in [3.8, 4) is 0 Å². The number of nitrogens with zero attached hydrogens (tertiary/aromatic N) is 1. The molecule has 3 nitrogen and oxygen atoms in total. The lowest BCUT2D eigenvalue weighted by Crippen LogP contribution is -2.24. The first-order chi connectivity index (χ1) is 9.47. The molecule has 0 aliphatic heterocycles. The molecule has 0 radical (unpaired) electrons. The zero-order chi connectivity index (χ0) is 14.7. The van der Waals surface area contributed by atoms with Crippen LogP contribution in [0.2, 0.25) is 0 Å². The molecule has 1 aromatic heterocycles. The molecule has 20 heavy (non-hydrogen) atoms.